The zero-order valence-electron chi connectivity index (χ0n) is 9.83. The van der Waals surface area contributed by atoms with Crippen LogP contribution in [0.25, 0.3) is 11.5 Å². The van der Waals surface area contributed by atoms with Gasteiger partial charge in [0.15, 0.2) is 9.84 Å². The average molecular weight is 267 g/mol. The van der Waals surface area contributed by atoms with Gasteiger partial charge in [0.05, 0.1) is 4.90 Å². The largest absolute Gasteiger partial charge is 0.421 e. The van der Waals surface area contributed by atoms with Gasteiger partial charge in [-0.3, -0.25) is 0 Å². The van der Waals surface area contributed by atoms with E-state index >= 15 is 0 Å². The standard InChI is InChI=1S/C11H13N3O3S/c1-18(15,16)9-4-2-8(3-5-9)11-14-13-10(17-11)6-7-12/h2-5H,6-7,12H2,1H3. The molecule has 0 aliphatic heterocycles. The van der Waals surface area contributed by atoms with E-state index < -0.39 is 9.84 Å². The Bertz CT molecular complexity index is 632. The predicted octanol–water partition coefficient (Wildman–Crippen LogP) is 0.641. The van der Waals surface area contributed by atoms with Crippen molar-refractivity contribution < 1.29 is 12.8 Å². The highest BCUT2D eigenvalue weighted by Crippen LogP contribution is 2.20. The van der Waals surface area contributed by atoms with Gasteiger partial charge in [0, 0.05) is 24.8 Å². The number of rotatable bonds is 4. The van der Waals surface area contributed by atoms with Crippen LogP contribution in [-0.2, 0) is 16.3 Å². The van der Waals surface area contributed by atoms with Crippen molar-refractivity contribution in [3.05, 3.63) is 30.2 Å². The second-order valence-corrected chi connectivity index (χ2v) is 5.85. The minimum absolute atomic E-state index is 0.257. The van der Waals surface area contributed by atoms with Gasteiger partial charge in [0.2, 0.25) is 11.8 Å². The molecule has 0 aliphatic carbocycles. The van der Waals surface area contributed by atoms with Gasteiger partial charge in [-0.05, 0) is 24.3 Å². The Morgan fingerprint density at radius 2 is 1.89 bits per heavy atom. The summed E-state index contributed by atoms with van der Waals surface area (Å²) >= 11 is 0. The van der Waals surface area contributed by atoms with Crippen molar-refractivity contribution in [2.75, 3.05) is 12.8 Å². The van der Waals surface area contributed by atoms with Gasteiger partial charge in [0.25, 0.3) is 0 Å². The van der Waals surface area contributed by atoms with Crippen molar-refractivity contribution in [1.82, 2.24) is 10.2 Å². The molecule has 0 amide bonds. The Labute approximate surface area is 105 Å². The van der Waals surface area contributed by atoms with Crippen LogP contribution in [0.15, 0.2) is 33.6 Å². The van der Waals surface area contributed by atoms with Crippen LogP contribution in [0.4, 0.5) is 0 Å². The van der Waals surface area contributed by atoms with Crippen molar-refractivity contribution in [1.29, 1.82) is 0 Å². The molecule has 7 heteroatoms. The van der Waals surface area contributed by atoms with Crippen LogP contribution in [0.2, 0.25) is 0 Å². The zero-order chi connectivity index (χ0) is 13.2. The van der Waals surface area contributed by atoms with E-state index in [2.05, 4.69) is 10.2 Å². The summed E-state index contributed by atoms with van der Waals surface area (Å²) in [7, 11) is -3.19. The lowest BCUT2D eigenvalue weighted by Crippen LogP contribution is -2.02. The summed E-state index contributed by atoms with van der Waals surface area (Å²) < 4.78 is 28.0. The first-order valence-electron chi connectivity index (χ1n) is 5.33. The maximum atomic E-state index is 11.3. The average Bonchev–Trinajstić information content (AvgIpc) is 2.77. The molecule has 0 atom stereocenters. The molecule has 0 saturated carbocycles. The van der Waals surface area contributed by atoms with E-state index in [1.54, 1.807) is 12.1 Å². The monoisotopic (exact) mass is 267 g/mol. The Morgan fingerprint density at radius 1 is 1.22 bits per heavy atom. The molecule has 0 saturated heterocycles. The van der Waals surface area contributed by atoms with Gasteiger partial charge < -0.3 is 10.2 Å². The van der Waals surface area contributed by atoms with Crippen LogP contribution in [0.5, 0.6) is 0 Å². The van der Waals surface area contributed by atoms with E-state index in [0.29, 0.717) is 30.3 Å². The van der Waals surface area contributed by atoms with Crippen LogP contribution in [0.1, 0.15) is 5.89 Å². The Balaban J connectivity index is 2.28. The fraction of sp³-hybridized carbons (Fsp3) is 0.273. The Kier molecular flexibility index (Phi) is 3.44. The number of nitrogens with zero attached hydrogens (tertiary/aromatic N) is 2. The summed E-state index contributed by atoms with van der Waals surface area (Å²) in [5, 5.41) is 7.71. The molecule has 0 fully saturated rings. The lowest BCUT2D eigenvalue weighted by molar-refractivity contribution is 0.507. The molecule has 0 bridgehead atoms. The van der Waals surface area contributed by atoms with Crippen LogP contribution in [-0.4, -0.2) is 31.4 Å². The number of nitrogens with two attached hydrogens (primary N) is 1. The lowest BCUT2D eigenvalue weighted by atomic mass is 10.2. The first-order chi connectivity index (χ1) is 8.50. The molecular weight excluding hydrogens is 254 g/mol. The maximum Gasteiger partial charge on any atom is 0.247 e. The summed E-state index contributed by atoms with van der Waals surface area (Å²) in [4.78, 5) is 0.257. The quantitative estimate of drug-likeness (QED) is 0.872. The Hall–Kier alpha value is -1.73. The van der Waals surface area contributed by atoms with E-state index in [1.807, 2.05) is 0 Å². The topological polar surface area (TPSA) is 99.1 Å². The molecule has 2 rings (SSSR count). The fourth-order valence-corrected chi connectivity index (χ4v) is 2.07. The normalized spacial score (nSPS) is 11.7. The van der Waals surface area contributed by atoms with Crippen molar-refractivity contribution in [3.8, 4) is 11.5 Å². The third kappa shape index (κ3) is 2.74. The second kappa shape index (κ2) is 4.87. The molecule has 0 radical (unpaired) electrons. The van der Waals surface area contributed by atoms with E-state index in [0.717, 1.165) is 6.26 Å². The van der Waals surface area contributed by atoms with Crippen molar-refractivity contribution in [3.63, 3.8) is 0 Å². The minimum Gasteiger partial charge on any atom is -0.421 e. The Morgan fingerprint density at radius 3 is 2.44 bits per heavy atom. The van der Waals surface area contributed by atoms with Crippen LogP contribution >= 0.6 is 0 Å². The van der Waals surface area contributed by atoms with Crippen molar-refractivity contribution in [2.24, 2.45) is 5.73 Å². The van der Waals surface area contributed by atoms with Crippen LogP contribution in [0.3, 0.4) is 0 Å². The summed E-state index contributed by atoms with van der Waals surface area (Å²) in [5.41, 5.74) is 6.06. The fourth-order valence-electron chi connectivity index (χ4n) is 1.44. The van der Waals surface area contributed by atoms with Gasteiger partial charge >= 0.3 is 0 Å². The highest BCUT2D eigenvalue weighted by atomic mass is 32.2. The molecule has 18 heavy (non-hydrogen) atoms. The van der Waals surface area contributed by atoms with Gasteiger partial charge in [-0.2, -0.15) is 0 Å². The minimum atomic E-state index is -3.19. The van der Waals surface area contributed by atoms with Gasteiger partial charge in [-0.1, -0.05) is 0 Å². The number of hydrogen-bond donors (Lipinski definition) is 1. The van der Waals surface area contributed by atoms with Crippen LogP contribution in [0, 0.1) is 0 Å². The SMILES string of the molecule is CS(=O)(=O)c1ccc(-c2nnc(CCN)o2)cc1. The molecular formula is C11H13N3O3S. The smallest absolute Gasteiger partial charge is 0.247 e. The number of benzene rings is 1. The lowest BCUT2D eigenvalue weighted by Gasteiger charge is -1.98. The van der Waals surface area contributed by atoms with Gasteiger partial charge in [-0.15, -0.1) is 10.2 Å². The molecule has 0 aliphatic rings. The molecule has 0 unspecified atom stereocenters. The maximum absolute atomic E-state index is 11.3. The summed E-state index contributed by atoms with van der Waals surface area (Å²) in [6, 6.07) is 6.29. The zero-order valence-corrected chi connectivity index (χ0v) is 10.6. The van der Waals surface area contributed by atoms with Gasteiger partial charge in [-0.25, -0.2) is 8.42 Å². The summed E-state index contributed by atoms with van der Waals surface area (Å²) in [6.45, 7) is 0.439. The van der Waals surface area contributed by atoms with E-state index in [9.17, 15) is 8.42 Å². The number of hydrogen-bond acceptors (Lipinski definition) is 6. The third-order valence-corrected chi connectivity index (χ3v) is 3.48. The summed E-state index contributed by atoms with van der Waals surface area (Å²) in [5.74, 6) is 0.832. The molecule has 0 spiro atoms. The molecule has 2 aromatic rings. The molecule has 6 nitrogen and oxygen atoms in total. The van der Waals surface area contributed by atoms with Crippen molar-refractivity contribution >= 4 is 9.84 Å². The molecule has 96 valence electrons. The molecule has 1 aromatic heterocycles. The van der Waals surface area contributed by atoms with Crippen molar-refractivity contribution in [2.45, 2.75) is 11.3 Å². The third-order valence-electron chi connectivity index (χ3n) is 2.35. The summed E-state index contributed by atoms with van der Waals surface area (Å²) in [6.07, 6.45) is 1.68. The predicted molar refractivity (Wildman–Crippen MR) is 65.6 cm³/mol. The highest BCUT2D eigenvalue weighted by molar-refractivity contribution is 7.90. The molecule has 1 heterocycles. The van der Waals surface area contributed by atoms with E-state index in [-0.39, 0.29) is 4.90 Å². The number of aromatic nitrogens is 2. The number of sulfone groups is 1. The first kappa shape index (κ1) is 12.7. The van der Waals surface area contributed by atoms with Gasteiger partial charge in [0.1, 0.15) is 0 Å². The van der Waals surface area contributed by atoms with E-state index in [1.165, 1.54) is 12.1 Å². The molecule has 2 N–H and O–H groups in total. The van der Waals surface area contributed by atoms with Crippen LogP contribution < -0.4 is 5.73 Å². The van der Waals surface area contributed by atoms with E-state index in [4.69, 9.17) is 10.2 Å². The first-order valence-corrected chi connectivity index (χ1v) is 7.23. The second-order valence-electron chi connectivity index (χ2n) is 3.84. The highest BCUT2D eigenvalue weighted by Gasteiger charge is 2.10. The molecule has 1 aromatic carbocycles.